The Labute approximate surface area is 96.3 Å². The Balaban J connectivity index is 2.95. The number of anilines is 1. The maximum absolute atomic E-state index is 11.4. The van der Waals surface area contributed by atoms with Gasteiger partial charge < -0.3 is 5.73 Å². The van der Waals surface area contributed by atoms with Gasteiger partial charge in [-0.05, 0) is 18.4 Å². The number of nitrogens with zero attached hydrogens (tertiary/aromatic N) is 2. The number of imide groups is 1. The maximum Gasteiger partial charge on any atom is 0.264 e. The number of amides is 2. The lowest BCUT2D eigenvalue weighted by atomic mass is 10.3. The summed E-state index contributed by atoms with van der Waals surface area (Å²) in [6.07, 6.45) is 5.08. The number of nitrogens with two attached hydrogens (primary N) is 1. The predicted molar refractivity (Wildman–Crippen MR) is 62.1 cm³/mol. The molecule has 0 saturated carbocycles. The van der Waals surface area contributed by atoms with E-state index in [4.69, 9.17) is 5.73 Å². The fourth-order valence-corrected chi connectivity index (χ4v) is 1.43. The van der Waals surface area contributed by atoms with Gasteiger partial charge in [0.2, 0.25) is 12.4 Å². The molecule has 0 unspecified atom stereocenters. The van der Waals surface area contributed by atoms with Crippen LogP contribution in [0.4, 0.5) is 5.95 Å². The molecule has 0 aromatic carbocycles. The van der Waals surface area contributed by atoms with Crippen LogP contribution in [0.25, 0.3) is 6.08 Å². The van der Waals surface area contributed by atoms with Crippen molar-refractivity contribution in [1.29, 1.82) is 0 Å². The molecule has 0 aliphatic carbocycles. The van der Waals surface area contributed by atoms with Crippen LogP contribution in [0.3, 0.4) is 0 Å². The fourth-order valence-electron chi connectivity index (χ4n) is 0.945. The molecule has 1 aromatic rings. The van der Waals surface area contributed by atoms with Crippen molar-refractivity contribution in [2.45, 2.75) is 0 Å². The van der Waals surface area contributed by atoms with Crippen LogP contribution in [0.15, 0.2) is 17.2 Å². The minimum Gasteiger partial charge on any atom is -0.368 e. The normalized spacial score (nSPS) is 10.9. The molecule has 2 amide bonds. The second-order valence-corrected chi connectivity index (χ2v) is 3.49. The molecule has 1 rings (SSSR count). The summed E-state index contributed by atoms with van der Waals surface area (Å²) in [5.74, 6) is -0.343. The monoisotopic (exact) mass is 238 g/mol. The molecule has 6 nitrogen and oxygen atoms in total. The van der Waals surface area contributed by atoms with Gasteiger partial charge in [-0.25, -0.2) is 9.97 Å². The highest BCUT2D eigenvalue weighted by Gasteiger charge is 2.07. The summed E-state index contributed by atoms with van der Waals surface area (Å²) < 4.78 is 0. The first-order valence-electron chi connectivity index (χ1n) is 4.26. The average Bonchev–Trinajstić information content (AvgIpc) is 2.26. The molecule has 7 heteroatoms. The number of aromatic nitrogens is 2. The number of carbonyl (C=O) groups excluding carboxylic acids is 2. The first-order chi connectivity index (χ1) is 7.67. The summed E-state index contributed by atoms with van der Waals surface area (Å²) in [4.78, 5) is 29.5. The van der Waals surface area contributed by atoms with Gasteiger partial charge in [-0.15, -0.1) is 11.8 Å². The largest absolute Gasteiger partial charge is 0.368 e. The van der Waals surface area contributed by atoms with E-state index in [2.05, 4.69) is 9.97 Å². The van der Waals surface area contributed by atoms with E-state index in [0.29, 0.717) is 17.0 Å². The molecule has 0 spiro atoms. The third kappa shape index (κ3) is 3.35. The van der Waals surface area contributed by atoms with Crippen molar-refractivity contribution in [3.8, 4) is 0 Å². The Morgan fingerprint density at radius 2 is 2.38 bits per heavy atom. The first kappa shape index (κ1) is 12.2. The number of carbonyl (C=O) groups is 2. The Hall–Kier alpha value is -1.89. The van der Waals surface area contributed by atoms with Gasteiger partial charge in [-0.3, -0.25) is 14.9 Å². The number of nitrogens with one attached hydrogen (secondary N) is 1. The van der Waals surface area contributed by atoms with E-state index >= 15 is 0 Å². The molecule has 16 heavy (non-hydrogen) atoms. The average molecular weight is 238 g/mol. The molecular weight excluding hydrogens is 228 g/mol. The van der Waals surface area contributed by atoms with Gasteiger partial charge >= 0.3 is 0 Å². The van der Waals surface area contributed by atoms with E-state index in [-0.39, 0.29) is 5.95 Å². The lowest BCUT2D eigenvalue weighted by molar-refractivity contribution is -0.121. The van der Waals surface area contributed by atoms with Crippen molar-refractivity contribution in [2.75, 3.05) is 12.0 Å². The zero-order valence-electron chi connectivity index (χ0n) is 8.51. The van der Waals surface area contributed by atoms with Crippen molar-refractivity contribution in [3.05, 3.63) is 22.9 Å². The number of hydrogen-bond donors (Lipinski definition) is 2. The minimum atomic E-state index is -0.473. The number of rotatable bonds is 4. The van der Waals surface area contributed by atoms with Gasteiger partial charge in [0.05, 0.1) is 10.6 Å². The molecule has 0 fully saturated rings. The quantitative estimate of drug-likeness (QED) is 0.567. The highest BCUT2D eigenvalue weighted by molar-refractivity contribution is 8.03. The Bertz CT molecular complexity index is 433. The minimum absolute atomic E-state index is 0.130. The lowest BCUT2D eigenvalue weighted by Gasteiger charge is -2.01. The number of nitrogen functional groups attached to an aromatic ring is 1. The molecule has 0 bridgehead atoms. The fraction of sp³-hybridized carbons (Fsp3) is 0.111. The summed E-state index contributed by atoms with van der Waals surface area (Å²) in [6, 6.07) is 1.61. The number of thioether (sulfide) groups is 1. The third-order valence-corrected chi connectivity index (χ3v) is 2.35. The van der Waals surface area contributed by atoms with Crippen LogP contribution in [-0.4, -0.2) is 28.5 Å². The van der Waals surface area contributed by atoms with Gasteiger partial charge in [0.25, 0.3) is 5.91 Å². The van der Waals surface area contributed by atoms with Crippen molar-refractivity contribution in [2.24, 2.45) is 0 Å². The van der Waals surface area contributed by atoms with Crippen LogP contribution in [0.1, 0.15) is 5.69 Å². The molecule has 0 radical (unpaired) electrons. The topological polar surface area (TPSA) is 98.0 Å². The van der Waals surface area contributed by atoms with E-state index in [1.54, 1.807) is 12.3 Å². The van der Waals surface area contributed by atoms with Gasteiger partial charge in [-0.2, -0.15) is 0 Å². The van der Waals surface area contributed by atoms with Crippen LogP contribution in [-0.2, 0) is 9.59 Å². The van der Waals surface area contributed by atoms with E-state index in [9.17, 15) is 9.59 Å². The number of hydrogen-bond acceptors (Lipinski definition) is 6. The summed E-state index contributed by atoms with van der Waals surface area (Å²) >= 11 is 1.21. The highest BCUT2D eigenvalue weighted by atomic mass is 32.2. The molecular formula is C9H10N4O2S. The molecule has 0 saturated heterocycles. The van der Waals surface area contributed by atoms with Crippen molar-refractivity contribution < 1.29 is 9.59 Å². The molecule has 3 N–H and O–H groups in total. The zero-order valence-corrected chi connectivity index (χ0v) is 9.32. The smallest absolute Gasteiger partial charge is 0.264 e. The third-order valence-electron chi connectivity index (χ3n) is 1.61. The van der Waals surface area contributed by atoms with Gasteiger partial charge in [0.15, 0.2) is 0 Å². The Morgan fingerprint density at radius 1 is 1.62 bits per heavy atom. The second-order valence-electron chi connectivity index (χ2n) is 2.64. The van der Waals surface area contributed by atoms with Crippen molar-refractivity contribution >= 4 is 36.1 Å². The van der Waals surface area contributed by atoms with Crippen LogP contribution in [0, 0.1) is 0 Å². The van der Waals surface area contributed by atoms with Gasteiger partial charge in [0.1, 0.15) is 0 Å². The summed E-state index contributed by atoms with van der Waals surface area (Å²) in [7, 11) is 0. The van der Waals surface area contributed by atoms with E-state index < -0.39 is 5.91 Å². The highest BCUT2D eigenvalue weighted by Crippen LogP contribution is 2.15. The van der Waals surface area contributed by atoms with Crippen LogP contribution >= 0.6 is 11.8 Å². The lowest BCUT2D eigenvalue weighted by Crippen LogP contribution is -2.21. The van der Waals surface area contributed by atoms with Gasteiger partial charge in [0, 0.05) is 6.20 Å². The molecule has 1 aromatic heterocycles. The molecule has 84 valence electrons. The zero-order chi connectivity index (χ0) is 12.0. The molecule has 0 atom stereocenters. The van der Waals surface area contributed by atoms with Crippen molar-refractivity contribution in [3.63, 3.8) is 0 Å². The Kier molecular flexibility index (Phi) is 4.46. The van der Waals surface area contributed by atoms with E-state index in [0.717, 1.165) is 0 Å². The summed E-state index contributed by atoms with van der Waals surface area (Å²) in [5.41, 5.74) is 5.91. The maximum atomic E-state index is 11.4. The Morgan fingerprint density at radius 3 is 2.94 bits per heavy atom. The van der Waals surface area contributed by atoms with Crippen LogP contribution in [0.2, 0.25) is 0 Å². The molecule has 0 aliphatic heterocycles. The van der Waals surface area contributed by atoms with Crippen molar-refractivity contribution in [1.82, 2.24) is 15.3 Å². The SMILES string of the molecule is CS/C(=C\c1ccnc(N)n1)C(=O)NC=O. The van der Waals surface area contributed by atoms with Crippen LogP contribution < -0.4 is 11.1 Å². The standard InChI is InChI=1S/C9H10N4O2S/c1-16-7(8(15)12-5-14)4-6-2-3-11-9(10)13-6/h2-5H,1H3,(H2,10,11,13)(H,12,14,15)/b7-4-. The molecule has 0 aliphatic rings. The first-order valence-corrected chi connectivity index (χ1v) is 5.48. The summed E-state index contributed by atoms with van der Waals surface area (Å²) in [5, 5.41) is 2.05. The summed E-state index contributed by atoms with van der Waals surface area (Å²) in [6.45, 7) is 0. The van der Waals surface area contributed by atoms with Crippen LogP contribution in [0.5, 0.6) is 0 Å². The van der Waals surface area contributed by atoms with E-state index in [1.807, 2.05) is 5.32 Å². The molecule has 1 heterocycles. The second kappa shape index (κ2) is 5.86. The predicted octanol–water partition coefficient (Wildman–Crippen LogP) is 0.0353. The van der Waals surface area contributed by atoms with Gasteiger partial charge in [-0.1, -0.05) is 0 Å². The van der Waals surface area contributed by atoms with E-state index in [1.165, 1.54) is 24.0 Å².